The predicted molar refractivity (Wildman–Crippen MR) is 91.4 cm³/mol. The number of ether oxygens (including phenoxy) is 1. The van der Waals surface area contributed by atoms with Gasteiger partial charge in [-0.05, 0) is 42.8 Å². The van der Waals surface area contributed by atoms with Crippen LogP contribution in [0.3, 0.4) is 0 Å². The molecule has 2 rings (SSSR count). The van der Waals surface area contributed by atoms with Crippen LogP contribution in [0.2, 0.25) is 0 Å². The van der Waals surface area contributed by atoms with Crippen LogP contribution in [0.1, 0.15) is 19.8 Å². The Kier molecular flexibility index (Phi) is 6.19. The summed E-state index contributed by atoms with van der Waals surface area (Å²) in [6, 6.07) is 15.5. The highest BCUT2D eigenvalue weighted by molar-refractivity contribution is 5.89. The first-order chi connectivity index (χ1) is 11.6. The average Bonchev–Trinajstić information content (AvgIpc) is 2.56. The van der Waals surface area contributed by atoms with Crippen molar-refractivity contribution in [1.29, 1.82) is 0 Å². The van der Waals surface area contributed by atoms with Crippen molar-refractivity contribution in [2.24, 2.45) is 0 Å². The number of hydrogen-bond donors (Lipinski definition) is 3. The van der Waals surface area contributed by atoms with E-state index in [0.29, 0.717) is 17.9 Å². The van der Waals surface area contributed by atoms with Gasteiger partial charge in [-0.25, -0.2) is 4.79 Å². The molecule has 126 valence electrons. The number of carbonyl (C=O) groups is 2. The van der Waals surface area contributed by atoms with E-state index in [1.165, 1.54) is 0 Å². The molecular formula is C18H20N2O4. The van der Waals surface area contributed by atoms with Crippen molar-refractivity contribution in [2.75, 3.05) is 5.32 Å². The molecular weight excluding hydrogens is 308 g/mol. The third-order valence-corrected chi connectivity index (χ3v) is 3.34. The number of hydrogen-bond acceptors (Lipinski definition) is 3. The molecule has 6 heteroatoms. The fraction of sp³-hybridized carbons (Fsp3) is 0.222. The Bertz CT molecular complexity index is 671. The van der Waals surface area contributed by atoms with Gasteiger partial charge in [0.25, 0.3) is 0 Å². The number of urea groups is 1. The predicted octanol–water partition coefficient (Wildman–Crippen LogP) is 3.85. The van der Waals surface area contributed by atoms with E-state index in [2.05, 4.69) is 10.6 Å². The first-order valence-electron chi connectivity index (χ1n) is 7.69. The monoisotopic (exact) mass is 328 g/mol. The first-order valence-corrected chi connectivity index (χ1v) is 7.69. The van der Waals surface area contributed by atoms with Crippen molar-refractivity contribution < 1.29 is 19.4 Å². The Balaban J connectivity index is 1.89. The molecule has 0 fully saturated rings. The molecule has 0 saturated heterocycles. The summed E-state index contributed by atoms with van der Waals surface area (Å²) in [5.74, 6) is 0.449. The van der Waals surface area contributed by atoms with Gasteiger partial charge in [-0.2, -0.15) is 0 Å². The second kappa shape index (κ2) is 8.57. The average molecular weight is 328 g/mol. The number of nitrogens with one attached hydrogen (secondary N) is 2. The standard InChI is InChI=1S/C18H20N2O4/c1-2-13(12-17(21)22)19-18(23)20-14-8-10-16(11-9-14)24-15-6-4-3-5-7-15/h3-11,13H,2,12H2,1H3,(H,21,22)(H2,19,20,23)/t13-/m0/s1. The van der Waals surface area contributed by atoms with E-state index in [1.807, 2.05) is 37.3 Å². The van der Waals surface area contributed by atoms with Gasteiger partial charge in [0.05, 0.1) is 6.42 Å². The minimum Gasteiger partial charge on any atom is -0.481 e. The normalized spacial score (nSPS) is 11.4. The van der Waals surface area contributed by atoms with Crippen molar-refractivity contribution in [3.05, 3.63) is 54.6 Å². The Morgan fingerprint density at radius 3 is 2.25 bits per heavy atom. The fourth-order valence-corrected chi connectivity index (χ4v) is 2.09. The Morgan fingerprint density at radius 2 is 1.67 bits per heavy atom. The quantitative estimate of drug-likeness (QED) is 0.720. The van der Waals surface area contributed by atoms with Crippen molar-refractivity contribution in [2.45, 2.75) is 25.8 Å². The van der Waals surface area contributed by atoms with Crippen LogP contribution in [0.4, 0.5) is 10.5 Å². The fourth-order valence-electron chi connectivity index (χ4n) is 2.09. The van der Waals surface area contributed by atoms with Crippen LogP contribution in [-0.4, -0.2) is 23.1 Å². The van der Waals surface area contributed by atoms with Crippen LogP contribution < -0.4 is 15.4 Å². The van der Waals surface area contributed by atoms with Crippen LogP contribution in [0, 0.1) is 0 Å². The number of carboxylic acids is 1. The van der Waals surface area contributed by atoms with Gasteiger partial charge in [0.15, 0.2) is 0 Å². The molecule has 2 aromatic rings. The van der Waals surface area contributed by atoms with Gasteiger partial charge >= 0.3 is 12.0 Å². The highest BCUT2D eigenvalue weighted by Gasteiger charge is 2.13. The van der Waals surface area contributed by atoms with E-state index in [4.69, 9.17) is 9.84 Å². The van der Waals surface area contributed by atoms with Gasteiger partial charge in [-0.3, -0.25) is 4.79 Å². The first kappa shape index (κ1) is 17.3. The SMILES string of the molecule is CC[C@@H](CC(=O)O)NC(=O)Nc1ccc(Oc2ccccc2)cc1. The zero-order valence-corrected chi connectivity index (χ0v) is 13.4. The summed E-state index contributed by atoms with van der Waals surface area (Å²) >= 11 is 0. The number of carboxylic acid groups (broad SMARTS) is 1. The molecule has 24 heavy (non-hydrogen) atoms. The molecule has 0 spiro atoms. The largest absolute Gasteiger partial charge is 0.481 e. The Labute approximate surface area is 140 Å². The molecule has 0 bridgehead atoms. The van der Waals surface area contributed by atoms with E-state index >= 15 is 0 Å². The minimum absolute atomic E-state index is 0.103. The van der Waals surface area contributed by atoms with E-state index in [9.17, 15) is 9.59 Å². The molecule has 0 radical (unpaired) electrons. The lowest BCUT2D eigenvalue weighted by Gasteiger charge is -2.15. The summed E-state index contributed by atoms with van der Waals surface area (Å²) in [6.45, 7) is 1.82. The lowest BCUT2D eigenvalue weighted by molar-refractivity contribution is -0.137. The number of anilines is 1. The lowest BCUT2D eigenvalue weighted by Crippen LogP contribution is -2.38. The molecule has 0 aromatic heterocycles. The van der Waals surface area contributed by atoms with Crippen molar-refractivity contribution in [3.63, 3.8) is 0 Å². The molecule has 0 heterocycles. The Morgan fingerprint density at radius 1 is 1.04 bits per heavy atom. The number of para-hydroxylation sites is 1. The summed E-state index contributed by atoms with van der Waals surface area (Å²) in [6.07, 6.45) is 0.442. The second-order valence-electron chi connectivity index (χ2n) is 5.24. The molecule has 6 nitrogen and oxygen atoms in total. The van der Waals surface area contributed by atoms with E-state index < -0.39 is 18.0 Å². The van der Waals surface area contributed by atoms with E-state index in [1.54, 1.807) is 24.3 Å². The van der Waals surface area contributed by atoms with Gasteiger partial charge in [0.2, 0.25) is 0 Å². The third-order valence-electron chi connectivity index (χ3n) is 3.34. The molecule has 2 amide bonds. The summed E-state index contributed by atoms with van der Waals surface area (Å²) < 4.78 is 5.67. The summed E-state index contributed by atoms with van der Waals surface area (Å²) in [7, 11) is 0. The summed E-state index contributed by atoms with van der Waals surface area (Å²) in [4.78, 5) is 22.6. The summed E-state index contributed by atoms with van der Waals surface area (Å²) in [5, 5.41) is 14.1. The molecule has 2 aromatic carbocycles. The molecule has 3 N–H and O–H groups in total. The number of carbonyl (C=O) groups excluding carboxylic acids is 1. The third kappa shape index (κ3) is 5.64. The number of amides is 2. The van der Waals surface area contributed by atoms with Crippen LogP contribution in [0.15, 0.2) is 54.6 Å². The molecule has 0 aliphatic heterocycles. The van der Waals surface area contributed by atoms with Crippen LogP contribution in [0.5, 0.6) is 11.5 Å². The van der Waals surface area contributed by atoms with E-state index in [0.717, 1.165) is 5.75 Å². The summed E-state index contributed by atoms with van der Waals surface area (Å²) in [5.41, 5.74) is 0.595. The number of aliphatic carboxylic acids is 1. The zero-order chi connectivity index (χ0) is 17.4. The van der Waals surface area contributed by atoms with Gasteiger partial charge in [0, 0.05) is 11.7 Å². The second-order valence-corrected chi connectivity index (χ2v) is 5.24. The maximum atomic E-state index is 11.9. The lowest BCUT2D eigenvalue weighted by atomic mass is 10.1. The molecule has 0 aliphatic rings. The smallest absolute Gasteiger partial charge is 0.319 e. The van der Waals surface area contributed by atoms with Crippen molar-refractivity contribution in [1.82, 2.24) is 5.32 Å². The Hall–Kier alpha value is -3.02. The van der Waals surface area contributed by atoms with Gasteiger partial charge in [-0.1, -0.05) is 25.1 Å². The highest BCUT2D eigenvalue weighted by atomic mass is 16.5. The molecule has 0 saturated carbocycles. The van der Waals surface area contributed by atoms with Gasteiger partial charge in [0.1, 0.15) is 11.5 Å². The minimum atomic E-state index is -0.940. The van der Waals surface area contributed by atoms with Crippen LogP contribution in [-0.2, 0) is 4.79 Å². The van der Waals surface area contributed by atoms with Crippen molar-refractivity contribution >= 4 is 17.7 Å². The van der Waals surface area contributed by atoms with E-state index in [-0.39, 0.29) is 6.42 Å². The molecule has 0 aliphatic carbocycles. The highest BCUT2D eigenvalue weighted by Crippen LogP contribution is 2.22. The van der Waals surface area contributed by atoms with Crippen molar-refractivity contribution in [3.8, 4) is 11.5 Å². The topological polar surface area (TPSA) is 87.7 Å². The number of rotatable bonds is 7. The zero-order valence-electron chi connectivity index (χ0n) is 13.4. The maximum Gasteiger partial charge on any atom is 0.319 e. The maximum absolute atomic E-state index is 11.9. The van der Waals surface area contributed by atoms with Gasteiger partial charge in [-0.15, -0.1) is 0 Å². The molecule has 0 unspecified atom stereocenters. The molecule has 1 atom stereocenters. The number of benzene rings is 2. The van der Waals surface area contributed by atoms with Crippen LogP contribution in [0.25, 0.3) is 0 Å². The van der Waals surface area contributed by atoms with Gasteiger partial charge < -0.3 is 20.5 Å². The van der Waals surface area contributed by atoms with Crippen LogP contribution >= 0.6 is 0 Å².